The van der Waals surface area contributed by atoms with Gasteiger partial charge in [0.05, 0.1) is 6.61 Å². The lowest BCUT2D eigenvalue weighted by molar-refractivity contribution is -0.139. The average Bonchev–Trinajstić information content (AvgIpc) is 2.37. The maximum atomic E-state index is 10.6. The van der Waals surface area contributed by atoms with Crippen LogP contribution in [0.15, 0.2) is 15.9 Å². The molecule has 66 valence electrons. The molecule has 1 heterocycles. The molecule has 1 aromatic rings. The van der Waals surface area contributed by atoms with E-state index in [4.69, 9.17) is 10.2 Å². The molecule has 0 aromatic carbocycles. The van der Waals surface area contributed by atoms with Crippen molar-refractivity contribution in [2.75, 3.05) is 6.61 Å². The van der Waals surface area contributed by atoms with Gasteiger partial charge in [0.25, 0.3) is 0 Å². The van der Waals surface area contributed by atoms with Gasteiger partial charge in [-0.1, -0.05) is 0 Å². The lowest BCUT2D eigenvalue weighted by atomic mass is 10.1. The van der Waals surface area contributed by atoms with Gasteiger partial charge in [-0.25, -0.2) is 0 Å². The van der Waals surface area contributed by atoms with E-state index in [0.717, 1.165) is 4.47 Å². The monoisotopic (exact) mass is 250 g/mol. The Bertz CT molecular complexity index is 284. The Morgan fingerprint density at radius 1 is 1.75 bits per heavy atom. The van der Waals surface area contributed by atoms with Gasteiger partial charge < -0.3 is 10.2 Å². The first-order chi connectivity index (χ1) is 5.65. The second-order valence-electron chi connectivity index (χ2n) is 2.24. The normalized spacial score (nSPS) is 12.8. The summed E-state index contributed by atoms with van der Waals surface area (Å²) in [6, 6.07) is 1.71. The maximum Gasteiger partial charge on any atom is 0.314 e. The maximum absolute atomic E-state index is 10.6. The third-order valence-corrected chi connectivity index (χ3v) is 3.22. The number of rotatable bonds is 3. The number of aliphatic hydroxyl groups is 1. The Hall–Kier alpha value is -0.390. The highest BCUT2D eigenvalue weighted by Crippen LogP contribution is 2.26. The fraction of sp³-hybridized carbons (Fsp3) is 0.286. The van der Waals surface area contributed by atoms with Crippen LogP contribution in [0.3, 0.4) is 0 Å². The highest BCUT2D eigenvalue weighted by Gasteiger charge is 2.19. The van der Waals surface area contributed by atoms with Crippen molar-refractivity contribution >= 4 is 33.2 Å². The highest BCUT2D eigenvalue weighted by molar-refractivity contribution is 9.10. The second-order valence-corrected chi connectivity index (χ2v) is 4.10. The number of carbonyl (C=O) groups is 1. The van der Waals surface area contributed by atoms with E-state index < -0.39 is 11.9 Å². The second kappa shape index (κ2) is 4.02. The molecule has 1 rings (SSSR count). The summed E-state index contributed by atoms with van der Waals surface area (Å²) in [6.07, 6.45) is 0. The summed E-state index contributed by atoms with van der Waals surface area (Å²) in [5, 5.41) is 19.2. The molecule has 0 saturated heterocycles. The van der Waals surface area contributed by atoms with Crippen LogP contribution in [-0.4, -0.2) is 22.8 Å². The van der Waals surface area contributed by atoms with Gasteiger partial charge >= 0.3 is 5.97 Å². The van der Waals surface area contributed by atoms with Gasteiger partial charge in [0, 0.05) is 14.7 Å². The van der Waals surface area contributed by atoms with Gasteiger partial charge in [-0.15, -0.1) is 11.3 Å². The van der Waals surface area contributed by atoms with Gasteiger partial charge in [0.15, 0.2) is 0 Å². The molecule has 0 radical (unpaired) electrons. The van der Waals surface area contributed by atoms with Crippen LogP contribution in [0, 0.1) is 0 Å². The SMILES string of the molecule is O=C(O)C(CO)c1cc(Br)cs1. The van der Waals surface area contributed by atoms with E-state index in [2.05, 4.69) is 15.9 Å². The predicted molar refractivity (Wildman–Crippen MR) is 49.5 cm³/mol. The van der Waals surface area contributed by atoms with Crippen molar-refractivity contribution < 1.29 is 15.0 Å². The molecule has 1 aromatic heterocycles. The number of hydrogen-bond acceptors (Lipinski definition) is 3. The zero-order chi connectivity index (χ0) is 9.14. The number of carboxylic acids is 1. The molecule has 5 heteroatoms. The molecule has 2 N–H and O–H groups in total. The van der Waals surface area contributed by atoms with Crippen molar-refractivity contribution in [3.05, 3.63) is 20.8 Å². The molecule has 1 unspecified atom stereocenters. The first-order valence-corrected chi connectivity index (χ1v) is 4.90. The molecule has 0 amide bonds. The Balaban J connectivity index is 2.87. The van der Waals surface area contributed by atoms with E-state index in [1.807, 2.05) is 0 Å². The molecular weight excluding hydrogens is 244 g/mol. The third kappa shape index (κ3) is 2.06. The minimum absolute atomic E-state index is 0.359. The fourth-order valence-corrected chi connectivity index (χ4v) is 2.33. The van der Waals surface area contributed by atoms with Crippen LogP contribution in [0.5, 0.6) is 0 Å². The smallest absolute Gasteiger partial charge is 0.314 e. The minimum atomic E-state index is -0.994. The van der Waals surface area contributed by atoms with Crippen LogP contribution in [0.25, 0.3) is 0 Å². The highest BCUT2D eigenvalue weighted by atomic mass is 79.9. The number of halogens is 1. The van der Waals surface area contributed by atoms with E-state index in [9.17, 15) is 4.79 Å². The zero-order valence-electron chi connectivity index (χ0n) is 6.03. The Kier molecular flexibility index (Phi) is 3.25. The predicted octanol–water partition coefficient (Wildman–Crippen LogP) is 1.67. The first-order valence-electron chi connectivity index (χ1n) is 3.22. The van der Waals surface area contributed by atoms with Crippen LogP contribution in [0.4, 0.5) is 0 Å². The van der Waals surface area contributed by atoms with Crippen molar-refractivity contribution in [1.29, 1.82) is 0 Å². The van der Waals surface area contributed by atoms with Gasteiger partial charge in [0.1, 0.15) is 5.92 Å². The number of thiophene rings is 1. The van der Waals surface area contributed by atoms with Crippen LogP contribution in [0.2, 0.25) is 0 Å². The summed E-state index contributed by atoms with van der Waals surface area (Å²) in [6.45, 7) is -0.359. The number of aliphatic hydroxyl groups excluding tert-OH is 1. The molecular formula is C7H7BrO3S. The van der Waals surface area contributed by atoms with E-state index in [-0.39, 0.29) is 6.61 Å². The number of hydrogen-bond donors (Lipinski definition) is 2. The van der Waals surface area contributed by atoms with Crippen molar-refractivity contribution in [2.45, 2.75) is 5.92 Å². The van der Waals surface area contributed by atoms with E-state index in [0.29, 0.717) is 4.88 Å². The molecule has 0 aliphatic rings. The van der Waals surface area contributed by atoms with Crippen molar-refractivity contribution in [3.8, 4) is 0 Å². The largest absolute Gasteiger partial charge is 0.481 e. The lowest BCUT2D eigenvalue weighted by Crippen LogP contribution is -2.13. The van der Waals surface area contributed by atoms with Crippen molar-refractivity contribution in [1.82, 2.24) is 0 Å². The summed E-state index contributed by atoms with van der Waals surface area (Å²) < 4.78 is 0.849. The molecule has 12 heavy (non-hydrogen) atoms. The van der Waals surface area contributed by atoms with Gasteiger partial charge in [-0.3, -0.25) is 4.79 Å². The molecule has 0 aliphatic heterocycles. The van der Waals surface area contributed by atoms with Crippen LogP contribution >= 0.6 is 27.3 Å². The summed E-state index contributed by atoms with van der Waals surface area (Å²) in [7, 11) is 0. The summed E-state index contributed by atoms with van der Waals surface area (Å²) >= 11 is 4.54. The van der Waals surface area contributed by atoms with Crippen LogP contribution < -0.4 is 0 Å². The Labute approximate surface area is 81.8 Å². The fourth-order valence-electron chi connectivity index (χ4n) is 0.801. The average molecular weight is 251 g/mol. The third-order valence-electron chi connectivity index (χ3n) is 1.41. The summed E-state index contributed by atoms with van der Waals surface area (Å²) in [5.74, 6) is -1.78. The molecule has 0 aliphatic carbocycles. The minimum Gasteiger partial charge on any atom is -0.481 e. The Morgan fingerprint density at radius 3 is 2.75 bits per heavy atom. The van der Waals surface area contributed by atoms with Crippen LogP contribution in [-0.2, 0) is 4.79 Å². The van der Waals surface area contributed by atoms with E-state index >= 15 is 0 Å². The topological polar surface area (TPSA) is 57.5 Å². The van der Waals surface area contributed by atoms with E-state index in [1.54, 1.807) is 11.4 Å². The van der Waals surface area contributed by atoms with Crippen LogP contribution in [0.1, 0.15) is 10.8 Å². The van der Waals surface area contributed by atoms with Crippen molar-refractivity contribution in [2.24, 2.45) is 0 Å². The molecule has 1 atom stereocenters. The van der Waals surface area contributed by atoms with E-state index in [1.165, 1.54) is 11.3 Å². The molecule has 0 spiro atoms. The number of aliphatic carboxylic acids is 1. The lowest BCUT2D eigenvalue weighted by Gasteiger charge is -2.04. The van der Waals surface area contributed by atoms with Crippen molar-refractivity contribution in [3.63, 3.8) is 0 Å². The molecule has 0 fully saturated rings. The standard InChI is InChI=1S/C7H7BrO3S/c8-4-1-6(12-3-4)5(2-9)7(10)11/h1,3,5,9H,2H2,(H,10,11). The summed E-state index contributed by atoms with van der Waals surface area (Å²) in [4.78, 5) is 11.2. The van der Waals surface area contributed by atoms with Gasteiger partial charge in [-0.2, -0.15) is 0 Å². The quantitative estimate of drug-likeness (QED) is 0.859. The first kappa shape index (κ1) is 9.70. The van der Waals surface area contributed by atoms with Gasteiger partial charge in [-0.05, 0) is 22.0 Å². The molecule has 0 saturated carbocycles. The molecule has 3 nitrogen and oxygen atoms in total. The molecule has 0 bridgehead atoms. The van der Waals surface area contributed by atoms with Gasteiger partial charge in [0.2, 0.25) is 0 Å². The Morgan fingerprint density at radius 2 is 2.42 bits per heavy atom. The summed E-state index contributed by atoms with van der Waals surface area (Å²) in [5.41, 5.74) is 0. The zero-order valence-corrected chi connectivity index (χ0v) is 8.43. The number of carboxylic acid groups (broad SMARTS) is 1.